The van der Waals surface area contributed by atoms with Crippen LogP contribution in [0.25, 0.3) is 16.6 Å². The zero-order chi connectivity index (χ0) is 30.7. The van der Waals surface area contributed by atoms with Crippen molar-refractivity contribution < 1.29 is 0 Å². The zero-order valence-corrected chi connectivity index (χ0v) is 28.8. The molecule has 0 saturated carbocycles. The van der Waals surface area contributed by atoms with E-state index in [1.165, 1.54) is 81.6 Å². The molecular weight excluding hydrogens is 539 g/mol. The average molecular weight is 589 g/mol. The van der Waals surface area contributed by atoms with Gasteiger partial charge in [-0.15, -0.1) is 0 Å². The van der Waals surface area contributed by atoms with Crippen LogP contribution in [0.3, 0.4) is 0 Å². The third-order valence-corrected chi connectivity index (χ3v) is 10.6. The highest BCUT2D eigenvalue weighted by Gasteiger charge is 2.30. The molecule has 0 atom stereocenters. The highest BCUT2D eigenvalue weighted by molar-refractivity contribution is 8.08. The van der Waals surface area contributed by atoms with Crippen LogP contribution in [0.2, 0.25) is 0 Å². The van der Waals surface area contributed by atoms with E-state index < -0.39 is 0 Å². The first kappa shape index (κ1) is 30.2. The number of fused-ring (bicyclic) bond motifs is 1. The van der Waals surface area contributed by atoms with E-state index in [1.54, 1.807) is 22.0 Å². The number of hydrogen-bond acceptors (Lipinski definition) is 1. The molecule has 6 rings (SSSR count). The highest BCUT2D eigenvalue weighted by atomic mass is 32.2. The van der Waals surface area contributed by atoms with Gasteiger partial charge >= 0.3 is 0 Å². The van der Waals surface area contributed by atoms with Crippen molar-refractivity contribution in [3.05, 3.63) is 110 Å². The molecule has 3 aliphatic rings. The largest absolute Gasteiger partial charge is 0.229 e. The van der Waals surface area contributed by atoms with Gasteiger partial charge in [0.2, 0.25) is 5.36 Å². The quantitative estimate of drug-likeness (QED) is 0.270. The summed E-state index contributed by atoms with van der Waals surface area (Å²) in [5.41, 5.74) is 11.8. The molecule has 1 nitrogen and oxygen atoms in total. The van der Waals surface area contributed by atoms with Crippen molar-refractivity contribution in [2.24, 2.45) is 0 Å². The zero-order valence-electron chi connectivity index (χ0n) is 27.9. The molecule has 3 aromatic rings. The van der Waals surface area contributed by atoms with Gasteiger partial charge in [-0.25, -0.2) is 4.58 Å². The van der Waals surface area contributed by atoms with Crippen molar-refractivity contribution in [2.75, 3.05) is 13.1 Å². The van der Waals surface area contributed by atoms with Crippen LogP contribution in [0.15, 0.2) is 65.6 Å². The number of thioether (sulfide) groups is 1. The fourth-order valence-electron chi connectivity index (χ4n) is 7.17. The molecule has 3 aliphatic heterocycles. The molecule has 0 N–H and O–H groups in total. The van der Waals surface area contributed by atoms with Crippen LogP contribution in [0, 0.1) is 0 Å². The van der Waals surface area contributed by atoms with E-state index in [1.807, 2.05) is 11.8 Å². The maximum absolute atomic E-state index is 2.68. The van der Waals surface area contributed by atoms with Crippen molar-refractivity contribution in [2.45, 2.75) is 109 Å². The smallest absolute Gasteiger partial charge is 0.206 e. The number of aryl methyl sites for hydroxylation is 1. The van der Waals surface area contributed by atoms with Gasteiger partial charge in [-0.05, 0) is 92.0 Å². The van der Waals surface area contributed by atoms with E-state index in [0.29, 0.717) is 0 Å². The van der Waals surface area contributed by atoms with Gasteiger partial charge in [0.15, 0.2) is 0 Å². The first-order valence-electron chi connectivity index (χ1n) is 16.3. The van der Waals surface area contributed by atoms with Crippen LogP contribution in [0.1, 0.15) is 114 Å². The summed E-state index contributed by atoms with van der Waals surface area (Å²) in [6.45, 7) is 23.4. The Balaban J connectivity index is 1.56. The van der Waals surface area contributed by atoms with Crippen LogP contribution in [0.4, 0.5) is 0 Å². The molecule has 43 heavy (non-hydrogen) atoms. The highest BCUT2D eigenvalue weighted by Crippen LogP contribution is 2.46. The maximum atomic E-state index is 2.68. The summed E-state index contributed by atoms with van der Waals surface area (Å²) in [4.78, 5) is 2.67. The lowest BCUT2D eigenvalue weighted by Crippen LogP contribution is -2.47. The summed E-state index contributed by atoms with van der Waals surface area (Å²) in [5.74, 6) is 0. The third kappa shape index (κ3) is 5.97. The summed E-state index contributed by atoms with van der Waals surface area (Å²) in [6, 6.07) is 18.9. The van der Waals surface area contributed by atoms with Gasteiger partial charge in [-0.2, -0.15) is 0 Å². The van der Waals surface area contributed by atoms with E-state index in [4.69, 9.17) is 0 Å². The van der Waals surface area contributed by atoms with Gasteiger partial charge in [-0.1, -0.05) is 117 Å². The Kier molecular flexibility index (Phi) is 7.69. The van der Waals surface area contributed by atoms with Gasteiger partial charge in [0, 0.05) is 33.8 Å². The molecular formula is C41H50NS+. The number of hydrogen-bond donors (Lipinski definition) is 0. The summed E-state index contributed by atoms with van der Waals surface area (Å²) in [6.07, 6.45) is 12.2. The second kappa shape index (κ2) is 11.0. The van der Waals surface area contributed by atoms with Gasteiger partial charge in [0.1, 0.15) is 13.1 Å². The van der Waals surface area contributed by atoms with Crippen molar-refractivity contribution in [3.63, 3.8) is 0 Å². The third-order valence-electron chi connectivity index (χ3n) is 9.45. The number of nitrogens with zero attached hydrogens (tertiary/aromatic N) is 1. The van der Waals surface area contributed by atoms with Crippen LogP contribution in [-0.4, -0.2) is 13.1 Å². The molecule has 0 bridgehead atoms. The predicted octanol–water partition coefficient (Wildman–Crippen LogP) is 8.97. The molecule has 0 unspecified atom stereocenters. The minimum atomic E-state index is 0.0880. The fraction of sp³-hybridized carbons (Fsp3) is 0.439. The molecule has 0 saturated heterocycles. The molecule has 224 valence electrons. The van der Waals surface area contributed by atoms with E-state index in [9.17, 15) is 0 Å². The molecule has 0 aromatic heterocycles. The number of benzene rings is 3. The van der Waals surface area contributed by atoms with Gasteiger partial charge in [0.05, 0.1) is 0 Å². The van der Waals surface area contributed by atoms with Gasteiger partial charge in [-0.3, -0.25) is 0 Å². The summed E-state index contributed by atoms with van der Waals surface area (Å²) >= 11 is 1.91. The van der Waals surface area contributed by atoms with Crippen LogP contribution < -0.4 is 15.2 Å². The van der Waals surface area contributed by atoms with E-state index >= 15 is 0 Å². The van der Waals surface area contributed by atoms with Crippen molar-refractivity contribution in [3.8, 4) is 0 Å². The topological polar surface area (TPSA) is 3.01 Å². The Bertz CT molecular complexity index is 1760. The van der Waals surface area contributed by atoms with Crippen LogP contribution in [-0.2, 0) is 29.1 Å². The Morgan fingerprint density at radius 1 is 0.698 bits per heavy atom. The molecule has 0 radical (unpaired) electrons. The Morgan fingerprint density at radius 2 is 1.35 bits per heavy atom. The molecule has 3 aromatic carbocycles. The lowest BCUT2D eigenvalue weighted by Gasteiger charge is -2.28. The SMILES string of the molecule is CC(C)(C)c1ccc(C2=C/C(=C\C=c3/cc4c5c(c3C(C)(C)C)CCC[N+]=5CCC4)c3cc(C(C)(C)C)ccc3S2)cc1. The van der Waals surface area contributed by atoms with Gasteiger partial charge < -0.3 is 0 Å². The summed E-state index contributed by atoms with van der Waals surface area (Å²) < 4.78 is 2.68. The summed E-state index contributed by atoms with van der Waals surface area (Å²) in [5, 5.41) is 2.98. The van der Waals surface area contributed by atoms with Crippen molar-refractivity contribution >= 4 is 28.3 Å². The minimum Gasteiger partial charge on any atom is -0.229 e. The fourth-order valence-corrected chi connectivity index (χ4v) is 8.27. The van der Waals surface area contributed by atoms with E-state index in [-0.39, 0.29) is 16.2 Å². The monoisotopic (exact) mass is 588 g/mol. The molecule has 0 fully saturated rings. The molecule has 0 spiro atoms. The number of rotatable bonds is 2. The first-order chi connectivity index (χ1) is 20.2. The number of allylic oxidation sites excluding steroid dienone is 3. The van der Waals surface area contributed by atoms with Crippen molar-refractivity contribution in [1.82, 2.24) is 4.58 Å². The maximum Gasteiger partial charge on any atom is 0.206 e. The predicted molar refractivity (Wildman–Crippen MR) is 189 cm³/mol. The molecule has 0 aliphatic carbocycles. The first-order valence-corrected chi connectivity index (χ1v) is 17.2. The van der Waals surface area contributed by atoms with E-state index in [2.05, 4.69) is 134 Å². The second-order valence-electron chi connectivity index (χ2n) is 16.0. The lowest BCUT2D eigenvalue weighted by molar-refractivity contribution is 0.470. The molecule has 0 amide bonds. The van der Waals surface area contributed by atoms with Gasteiger partial charge in [0.25, 0.3) is 0 Å². The molecule has 3 heterocycles. The average Bonchev–Trinajstić information content (AvgIpc) is 2.94. The summed E-state index contributed by atoms with van der Waals surface area (Å²) in [7, 11) is 0. The Morgan fingerprint density at radius 3 is 2.00 bits per heavy atom. The lowest BCUT2D eigenvalue weighted by atomic mass is 9.78. The Hall–Kier alpha value is -2.84. The van der Waals surface area contributed by atoms with E-state index in [0.717, 1.165) is 0 Å². The Labute approximate surface area is 264 Å². The van der Waals surface area contributed by atoms with Crippen LogP contribution >= 0.6 is 11.8 Å². The van der Waals surface area contributed by atoms with Crippen molar-refractivity contribution in [1.29, 1.82) is 0 Å². The molecule has 2 heteroatoms. The normalized spacial score (nSPS) is 18.4. The minimum absolute atomic E-state index is 0.0880. The standard InChI is InChI=1S/C41H50NS/c1-39(2,3)31-18-16-27(17-19-31)36-25-28(34-26-32(40(4,5)6)20-21-35(34)43-36)14-15-29-24-30-12-10-22-42-23-11-13-33(38(30)42)37(29)41(7,8)9/h14-21,24-26H,10-13,22-23H2,1-9H3/q+1/b28-14+,29-15+. The van der Waals surface area contributed by atoms with Crippen LogP contribution in [0.5, 0.6) is 0 Å². The second-order valence-corrected chi connectivity index (χ2v) is 17.0.